The Balaban J connectivity index is 1.76. The van der Waals surface area contributed by atoms with Crippen LogP contribution in [0.25, 0.3) is 0 Å². The summed E-state index contributed by atoms with van der Waals surface area (Å²) in [7, 11) is -2.21. The van der Waals surface area contributed by atoms with Gasteiger partial charge in [-0.3, -0.25) is 9.52 Å². The second-order valence-electron chi connectivity index (χ2n) is 6.84. The van der Waals surface area contributed by atoms with E-state index in [0.29, 0.717) is 27.4 Å². The van der Waals surface area contributed by atoms with Crippen LogP contribution in [-0.2, 0) is 16.6 Å². The van der Waals surface area contributed by atoms with E-state index >= 15 is 0 Å². The zero-order valence-electron chi connectivity index (χ0n) is 16.4. The number of anilines is 1. The van der Waals surface area contributed by atoms with Crippen molar-refractivity contribution < 1.29 is 17.6 Å². The Hall–Kier alpha value is -2.90. The molecule has 0 saturated heterocycles. The summed E-state index contributed by atoms with van der Waals surface area (Å²) in [6, 6.07) is 16.8. The molecule has 8 heteroatoms. The van der Waals surface area contributed by atoms with Crippen LogP contribution in [0.4, 0.5) is 10.1 Å². The predicted octanol–water partition coefficient (Wildman–Crippen LogP) is 4.86. The van der Waals surface area contributed by atoms with Crippen LogP contribution in [0.3, 0.4) is 0 Å². The molecule has 0 fully saturated rings. The maximum absolute atomic E-state index is 13.8. The lowest BCUT2D eigenvalue weighted by Gasteiger charge is -2.19. The van der Waals surface area contributed by atoms with E-state index in [-0.39, 0.29) is 23.2 Å². The van der Waals surface area contributed by atoms with Gasteiger partial charge < -0.3 is 4.90 Å². The SMILES string of the molecule is Cc1cc(C(=O)N(C)Cc2ccccc2F)ccc1NS(=O)(=O)c1ccc(Cl)cc1. The second-order valence-corrected chi connectivity index (χ2v) is 8.96. The number of sulfonamides is 1. The van der Waals surface area contributed by atoms with E-state index in [4.69, 9.17) is 11.6 Å². The fraction of sp³-hybridized carbons (Fsp3) is 0.136. The molecule has 0 atom stereocenters. The zero-order valence-corrected chi connectivity index (χ0v) is 18.0. The largest absolute Gasteiger partial charge is 0.337 e. The summed E-state index contributed by atoms with van der Waals surface area (Å²) in [5.74, 6) is -0.672. The van der Waals surface area contributed by atoms with E-state index in [9.17, 15) is 17.6 Å². The summed E-state index contributed by atoms with van der Waals surface area (Å²) in [5.41, 5.74) is 1.73. The fourth-order valence-electron chi connectivity index (χ4n) is 2.90. The van der Waals surface area contributed by atoms with Crippen LogP contribution in [0.2, 0.25) is 5.02 Å². The van der Waals surface area contributed by atoms with E-state index in [1.165, 1.54) is 47.4 Å². The van der Waals surface area contributed by atoms with Crippen molar-refractivity contribution >= 4 is 33.2 Å². The van der Waals surface area contributed by atoms with Crippen molar-refractivity contribution in [1.29, 1.82) is 0 Å². The number of amides is 1. The number of carbonyl (C=O) groups is 1. The maximum atomic E-state index is 13.8. The lowest BCUT2D eigenvalue weighted by Crippen LogP contribution is -2.26. The second kappa shape index (κ2) is 8.85. The van der Waals surface area contributed by atoms with Crippen molar-refractivity contribution in [2.75, 3.05) is 11.8 Å². The highest BCUT2D eigenvalue weighted by atomic mass is 35.5. The van der Waals surface area contributed by atoms with Gasteiger partial charge in [0, 0.05) is 29.7 Å². The van der Waals surface area contributed by atoms with E-state index in [1.54, 1.807) is 38.2 Å². The van der Waals surface area contributed by atoms with Gasteiger partial charge >= 0.3 is 0 Å². The molecular formula is C22H20ClFN2O3S. The van der Waals surface area contributed by atoms with E-state index < -0.39 is 10.0 Å². The molecule has 0 aliphatic heterocycles. The Morgan fingerprint density at radius 3 is 2.37 bits per heavy atom. The number of halogens is 2. The molecule has 3 rings (SSSR count). The number of rotatable bonds is 6. The fourth-order valence-corrected chi connectivity index (χ4v) is 4.16. The topological polar surface area (TPSA) is 66.5 Å². The summed E-state index contributed by atoms with van der Waals surface area (Å²) >= 11 is 5.81. The van der Waals surface area contributed by atoms with Crippen LogP contribution >= 0.6 is 11.6 Å². The summed E-state index contributed by atoms with van der Waals surface area (Å²) in [4.78, 5) is 14.2. The van der Waals surface area contributed by atoms with Crippen molar-refractivity contribution in [1.82, 2.24) is 4.90 Å². The number of nitrogens with zero attached hydrogens (tertiary/aromatic N) is 1. The molecule has 156 valence electrons. The molecular weight excluding hydrogens is 427 g/mol. The van der Waals surface area contributed by atoms with Gasteiger partial charge in [0.05, 0.1) is 10.6 Å². The van der Waals surface area contributed by atoms with Gasteiger partial charge in [0.1, 0.15) is 5.82 Å². The summed E-state index contributed by atoms with van der Waals surface area (Å²) in [5, 5.41) is 0.437. The van der Waals surface area contributed by atoms with Gasteiger partial charge in [-0.1, -0.05) is 29.8 Å². The van der Waals surface area contributed by atoms with Crippen LogP contribution in [0.1, 0.15) is 21.5 Å². The van der Waals surface area contributed by atoms with Crippen molar-refractivity contribution in [3.05, 3.63) is 94.3 Å². The first kappa shape index (κ1) is 21.8. The molecule has 1 N–H and O–H groups in total. The Labute approximate surface area is 180 Å². The number of carbonyl (C=O) groups excluding carboxylic acids is 1. The number of hydrogen-bond donors (Lipinski definition) is 1. The Morgan fingerprint density at radius 2 is 1.73 bits per heavy atom. The normalized spacial score (nSPS) is 11.2. The Bertz CT molecular complexity index is 1180. The van der Waals surface area contributed by atoms with E-state index in [2.05, 4.69) is 4.72 Å². The molecule has 30 heavy (non-hydrogen) atoms. The van der Waals surface area contributed by atoms with Crippen molar-refractivity contribution in [2.24, 2.45) is 0 Å². The van der Waals surface area contributed by atoms with Crippen LogP contribution in [0.5, 0.6) is 0 Å². The molecule has 5 nitrogen and oxygen atoms in total. The van der Waals surface area contributed by atoms with Gasteiger partial charge in [-0.2, -0.15) is 0 Å². The van der Waals surface area contributed by atoms with Gasteiger partial charge in [-0.25, -0.2) is 12.8 Å². The average Bonchev–Trinajstić information content (AvgIpc) is 2.71. The predicted molar refractivity (Wildman–Crippen MR) is 116 cm³/mol. The van der Waals surface area contributed by atoms with Crippen molar-refractivity contribution in [3.63, 3.8) is 0 Å². The molecule has 0 unspecified atom stereocenters. The highest BCUT2D eigenvalue weighted by Crippen LogP contribution is 2.23. The smallest absolute Gasteiger partial charge is 0.261 e. The van der Waals surface area contributed by atoms with Crippen LogP contribution in [-0.4, -0.2) is 26.3 Å². The minimum Gasteiger partial charge on any atom is -0.337 e. The highest BCUT2D eigenvalue weighted by Gasteiger charge is 2.18. The highest BCUT2D eigenvalue weighted by molar-refractivity contribution is 7.92. The van der Waals surface area contributed by atoms with Crippen LogP contribution < -0.4 is 4.72 Å². The maximum Gasteiger partial charge on any atom is 0.261 e. The molecule has 3 aromatic rings. The van der Waals surface area contributed by atoms with Crippen LogP contribution in [0, 0.1) is 12.7 Å². The molecule has 0 aromatic heterocycles. The van der Waals surface area contributed by atoms with Gasteiger partial charge in [0.25, 0.3) is 15.9 Å². The molecule has 0 radical (unpaired) electrons. The van der Waals surface area contributed by atoms with Crippen molar-refractivity contribution in [2.45, 2.75) is 18.4 Å². The molecule has 0 aliphatic rings. The summed E-state index contributed by atoms with van der Waals surface area (Å²) in [6.07, 6.45) is 0. The number of nitrogens with one attached hydrogen (secondary N) is 1. The average molecular weight is 447 g/mol. The number of hydrogen-bond acceptors (Lipinski definition) is 3. The summed E-state index contributed by atoms with van der Waals surface area (Å²) < 4.78 is 41.5. The first-order valence-corrected chi connectivity index (χ1v) is 10.9. The molecule has 0 bridgehead atoms. The third-order valence-corrected chi connectivity index (χ3v) is 6.19. The molecule has 0 saturated carbocycles. The minimum absolute atomic E-state index is 0.0797. The monoisotopic (exact) mass is 446 g/mol. The number of benzene rings is 3. The number of aryl methyl sites for hydroxylation is 1. The summed E-state index contributed by atoms with van der Waals surface area (Å²) in [6.45, 7) is 1.82. The molecule has 0 spiro atoms. The van der Waals surface area contributed by atoms with Crippen molar-refractivity contribution in [3.8, 4) is 0 Å². The van der Waals surface area contributed by atoms with Crippen LogP contribution in [0.15, 0.2) is 71.6 Å². The van der Waals surface area contributed by atoms with Gasteiger partial charge in [0.2, 0.25) is 0 Å². The van der Waals surface area contributed by atoms with E-state index in [0.717, 1.165) is 0 Å². The Morgan fingerprint density at radius 1 is 1.07 bits per heavy atom. The quantitative estimate of drug-likeness (QED) is 0.588. The first-order chi connectivity index (χ1) is 14.2. The molecule has 0 aliphatic carbocycles. The van der Waals surface area contributed by atoms with E-state index in [1.807, 2.05) is 0 Å². The third kappa shape index (κ3) is 4.98. The first-order valence-electron chi connectivity index (χ1n) is 9.05. The third-order valence-electron chi connectivity index (χ3n) is 4.55. The van der Waals surface area contributed by atoms with Gasteiger partial charge in [-0.15, -0.1) is 0 Å². The lowest BCUT2D eigenvalue weighted by atomic mass is 10.1. The zero-order chi connectivity index (χ0) is 21.9. The van der Waals surface area contributed by atoms with Gasteiger partial charge in [-0.05, 0) is 61.0 Å². The van der Waals surface area contributed by atoms with Gasteiger partial charge in [0.15, 0.2) is 0 Å². The molecule has 3 aromatic carbocycles. The Kier molecular flexibility index (Phi) is 6.43. The molecule has 0 heterocycles. The molecule has 1 amide bonds. The minimum atomic E-state index is -3.79. The lowest BCUT2D eigenvalue weighted by molar-refractivity contribution is 0.0784. The standard InChI is InChI=1S/C22H20ClFN2O3S/c1-15-13-16(22(27)26(2)14-17-5-3-4-6-20(17)24)7-12-21(15)25-30(28,29)19-10-8-18(23)9-11-19/h3-13,25H,14H2,1-2H3.